The molecule has 0 bridgehead atoms. The molecular weight excluding hydrogens is 1100 g/mol. The number of amides is 1. The number of hydrogen-bond acceptors (Lipinski definition) is 6. The topological polar surface area (TPSA) is 111 Å². The SMILES string of the molecule is CCCCCCCC/C=C/CCCCCCCCCCCCCCCCCCCC(=O)NC(COP(=O)(O)OCC[N+](C)(C)C)C(/C=C\CCCCCCCCCCCCC)OC(=O)CCCCCCCCCCCCCCCCCCCCCCC. The Balaban J connectivity index is 4.95. The summed E-state index contributed by atoms with van der Waals surface area (Å²) in [5.41, 5.74) is 0. The molecule has 9 nitrogen and oxygen atoms in total. The predicted octanol–water partition coefficient (Wildman–Crippen LogP) is 24.8. The number of unbranched alkanes of at least 4 members (excludes halogenated alkanes) is 54. The van der Waals surface area contributed by atoms with Crippen molar-refractivity contribution in [3.05, 3.63) is 24.3 Å². The molecule has 0 saturated heterocycles. The summed E-state index contributed by atoms with van der Waals surface area (Å²) in [6, 6.07) is -0.843. The molecule has 0 aromatic carbocycles. The molecule has 0 aromatic rings. The molecular formula is C77H152N2O7P+. The highest BCUT2D eigenvalue weighted by molar-refractivity contribution is 7.47. The molecule has 0 spiro atoms. The van der Waals surface area contributed by atoms with Crippen LogP contribution in [-0.2, 0) is 27.9 Å². The first-order valence-electron chi connectivity index (χ1n) is 38.7. The van der Waals surface area contributed by atoms with Crippen molar-refractivity contribution in [2.45, 2.75) is 418 Å². The molecule has 1 amide bonds. The van der Waals surface area contributed by atoms with Gasteiger partial charge in [-0.05, 0) is 57.4 Å². The minimum absolute atomic E-state index is 0.0451. The van der Waals surface area contributed by atoms with Crippen LogP contribution in [0.2, 0.25) is 0 Å². The number of esters is 1. The number of allylic oxidation sites excluding steroid dienone is 3. The van der Waals surface area contributed by atoms with Gasteiger partial charge in [0.15, 0.2) is 0 Å². The second-order valence-corrected chi connectivity index (χ2v) is 29.3. The number of ether oxygens (including phenoxy) is 1. The Labute approximate surface area is 543 Å². The third kappa shape index (κ3) is 68.7. The third-order valence-electron chi connectivity index (χ3n) is 17.9. The minimum Gasteiger partial charge on any atom is -0.456 e. The van der Waals surface area contributed by atoms with E-state index in [9.17, 15) is 19.0 Å². The fraction of sp³-hybridized carbons (Fsp3) is 0.922. The largest absolute Gasteiger partial charge is 0.472 e. The maximum atomic E-state index is 13.7. The average molecular weight is 1250 g/mol. The smallest absolute Gasteiger partial charge is 0.456 e. The van der Waals surface area contributed by atoms with Gasteiger partial charge < -0.3 is 19.4 Å². The van der Waals surface area contributed by atoms with Gasteiger partial charge in [0.25, 0.3) is 0 Å². The number of likely N-dealkylation sites (N-methyl/N-ethyl adjacent to an activating group) is 1. The number of carbonyl (C=O) groups is 2. The molecule has 2 N–H and O–H groups in total. The number of phosphoric ester groups is 1. The lowest BCUT2D eigenvalue weighted by molar-refractivity contribution is -0.870. The molecule has 10 heteroatoms. The van der Waals surface area contributed by atoms with Gasteiger partial charge in [-0.2, -0.15) is 0 Å². The van der Waals surface area contributed by atoms with Gasteiger partial charge in [0, 0.05) is 12.8 Å². The van der Waals surface area contributed by atoms with E-state index in [0.29, 0.717) is 23.9 Å². The summed E-state index contributed by atoms with van der Waals surface area (Å²) < 4.78 is 30.9. The fourth-order valence-corrected chi connectivity index (χ4v) is 12.7. The molecule has 0 aliphatic heterocycles. The second kappa shape index (κ2) is 67.4. The van der Waals surface area contributed by atoms with Gasteiger partial charge in [-0.15, -0.1) is 0 Å². The Morgan fingerprint density at radius 1 is 0.391 bits per heavy atom. The van der Waals surface area contributed by atoms with Gasteiger partial charge in [0.1, 0.15) is 19.3 Å². The number of rotatable bonds is 72. The van der Waals surface area contributed by atoms with Crippen LogP contribution >= 0.6 is 7.82 Å². The van der Waals surface area contributed by atoms with Gasteiger partial charge in [0.05, 0.1) is 33.8 Å². The highest BCUT2D eigenvalue weighted by atomic mass is 31.2. The van der Waals surface area contributed by atoms with E-state index in [4.69, 9.17) is 13.8 Å². The molecule has 0 rings (SSSR count). The van der Waals surface area contributed by atoms with Crippen LogP contribution in [0.25, 0.3) is 0 Å². The van der Waals surface area contributed by atoms with Crippen molar-refractivity contribution in [3.8, 4) is 0 Å². The van der Waals surface area contributed by atoms with Crippen LogP contribution in [-0.4, -0.2) is 74.3 Å². The zero-order chi connectivity index (χ0) is 63.5. The van der Waals surface area contributed by atoms with Crippen LogP contribution < -0.4 is 5.32 Å². The van der Waals surface area contributed by atoms with E-state index in [0.717, 1.165) is 57.8 Å². The molecule has 0 heterocycles. The molecule has 0 radical (unpaired) electrons. The van der Waals surface area contributed by atoms with Crippen molar-refractivity contribution < 1.29 is 37.3 Å². The molecule has 0 saturated carbocycles. The zero-order valence-corrected chi connectivity index (χ0v) is 60.2. The van der Waals surface area contributed by atoms with Gasteiger partial charge in [-0.3, -0.25) is 18.6 Å². The maximum absolute atomic E-state index is 13.7. The number of phosphoric acid groups is 1. The van der Waals surface area contributed by atoms with E-state index in [1.165, 1.54) is 315 Å². The second-order valence-electron chi connectivity index (χ2n) is 27.9. The van der Waals surface area contributed by atoms with Crippen molar-refractivity contribution in [2.24, 2.45) is 0 Å². The molecule has 3 atom stereocenters. The van der Waals surface area contributed by atoms with Crippen molar-refractivity contribution in [3.63, 3.8) is 0 Å². The van der Waals surface area contributed by atoms with Crippen LogP contribution in [0.5, 0.6) is 0 Å². The Bertz CT molecular complexity index is 1530. The fourth-order valence-electron chi connectivity index (χ4n) is 11.9. The number of hydrogen-bond donors (Lipinski definition) is 2. The van der Waals surface area contributed by atoms with Crippen molar-refractivity contribution >= 4 is 19.7 Å². The summed E-state index contributed by atoms with van der Waals surface area (Å²) in [4.78, 5) is 38.0. The molecule has 0 aliphatic rings. The average Bonchev–Trinajstić information content (AvgIpc) is 3.69. The van der Waals surface area contributed by atoms with E-state index < -0.39 is 20.0 Å². The number of quaternary nitrogens is 1. The van der Waals surface area contributed by atoms with Gasteiger partial charge >= 0.3 is 13.8 Å². The summed E-state index contributed by atoms with van der Waals surface area (Å²) in [5.74, 6) is -0.476. The lowest BCUT2D eigenvalue weighted by Gasteiger charge is -2.27. The molecule has 0 aliphatic carbocycles. The predicted molar refractivity (Wildman–Crippen MR) is 379 cm³/mol. The molecule has 516 valence electrons. The third-order valence-corrected chi connectivity index (χ3v) is 18.9. The highest BCUT2D eigenvalue weighted by Crippen LogP contribution is 2.43. The van der Waals surface area contributed by atoms with Gasteiger partial charge in [-0.25, -0.2) is 4.57 Å². The summed E-state index contributed by atoms with van der Waals surface area (Å²) in [6.45, 7) is 7.10. The first-order valence-corrected chi connectivity index (χ1v) is 40.2. The summed E-state index contributed by atoms with van der Waals surface area (Å²) in [5, 5.41) is 3.09. The number of carbonyl (C=O) groups excluding carboxylic acids is 2. The van der Waals surface area contributed by atoms with Gasteiger partial charge in [0.2, 0.25) is 5.91 Å². The van der Waals surface area contributed by atoms with Crippen molar-refractivity contribution in [1.29, 1.82) is 0 Å². The van der Waals surface area contributed by atoms with Crippen LogP contribution in [0.4, 0.5) is 0 Å². The van der Waals surface area contributed by atoms with E-state index in [1.54, 1.807) is 0 Å². The van der Waals surface area contributed by atoms with E-state index in [2.05, 4.69) is 44.3 Å². The van der Waals surface area contributed by atoms with Gasteiger partial charge in [-0.1, -0.05) is 360 Å². The van der Waals surface area contributed by atoms with Crippen molar-refractivity contribution in [1.82, 2.24) is 5.32 Å². The molecule has 0 aromatic heterocycles. The Kier molecular flexibility index (Phi) is 66.2. The van der Waals surface area contributed by atoms with Crippen molar-refractivity contribution in [2.75, 3.05) is 40.9 Å². The van der Waals surface area contributed by atoms with Crippen LogP contribution in [0.1, 0.15) is 406 Å². The Morgan fingerprint density at radius 3 is 0.977 bits per heavy atom. The number of nitrogens with zero attached hydrogens (tertiary/aromatic N) is 1. The van der Waals surface area contributed by atoms with E-state index in [-0.39, 0.29) is 25.1 Å². The minimum atomic E-state index is -4.45. The van der Waals surface area contributed by atoms with E-state index >= 15 is 0 Å². The van der Waals surface area contributed by atoms with E-state index in [1.807, 2.05) is 27.2 Å². The quantitative estimate of drug-likeness (QED) is 0.0205. The lowest BCUT2D eigenvalue weighted by atomic mass is 10.0. The summed E-state index contributed by atoms with van der Waals surface area (Å²) in [6.07, 6.45) is 83.5. The monoisotopic (exact) mass is 1250 g/mol. The zero-order valence-electron chi connectivity index (χ0n) is 59.3. The summed E-state index contributed by atoms with van der Waals surface area (Å²) >= 11 is 0. The lowest BCUT2D eigenvalue weighted by Crippen LogP contribution is -2.47. The Morgan fingerprint density at radius 2 is 0.667 bits per heavy atom. The maximum Gasteiger partial charge on any atom is 0.472 e. The highest BCUT2D eigenvalue weighted by Gasteiger charge is 2.30. The Hall–Kier alpha value is -1.51. The molecule has 0 fully saturated rings. The first-order chi connectivity index (χ1) is 42.4. The first kappa shape index (κ1) is 85.5. The normalized spacial score (nSPS) is 13.5. The van der Waals surface area contributed by atoms with Crippen LogP contribution in [0.3, 0.4) is 0 Å². The molecule has 3 unspecified atom stereocenters. The van der Waals surface area contributed by atoms with Crippen LogP contribution in [0, 0.1) is 0 Å². The standard InChI is InChI=1S/C77H151N2O7P/c1-7-10-13-16-19-22-25-28-30-32-34-36-37-38-39-40-41-43-44-46-48-51-54-57-60-63-66-69-76(80)78-74(73-85-87(82,83)84-72-71-79(4,5)6)75(68-65-62-59-56-53-50-27-24-21-18-15-12-9-3)86-77(81)70-67-64-61-58-55-52-49-47-45-42-35-33-31-29-26-23-20-17-14-11-8-2/h28,30,65,68,74-75H,7-27,29,31-64,66-67,69-73H2,1-6H3,(H-,78,80,82,83)/p+1/b30-28+,68-65-. The van der Waals surface area contributed by atoms with Crippen LogP contribution in [0.15, 0.2) is 24.3 Å². The molecule has 87 heavy (non-hydrogen) atoms. The summed E-state index contributed by atoms with van der Waals surface area (Å²) in [7, 11) is 1.52. The number of nitrogens with one attached hydrogen (secondary N) is 1.